The summed E-state index contributed by atoms with van der Waals surface area (Å²) in [5.41, 5.74) is 0.465. The number of hydrogen-bond acceptors (Lipinski definition) is 7. The van der Waals surface area contributed by atoms with Crippen LogP contribution in [0.1, 0.15) is 18.4 Å². The summed E-state index contributed by atoms with van der Waals surface area (Å²) in [6.07, 6.45) is 2.17. The van der Waals surface area contributed by atoms with Gasteiger partial charge in [-0.2, -0.15) is 5.26 Å². The topological polar surface area (TPSA) is 126 Å². The molecule has 2 unspecified atom stereocenters. The minimum Gasteiger partial charge on any atom is -0.492 e. The number of piperidine rings is 1. The lowest BCUT2D eigenvalue weighted by molar-refractivity contribution is -0.384. The fourth-order valence-electron chi connectivity index (χ4n) is 4.90. The van der Waals surface area contributed by atoms with E-state index in [-0.39, 0.29) is 16.5 Å². The minimum atomic E-state index is -3.71. The van der Waals surface area contributed by atoms with Crippen LogP contribution in [0.2, 0.25) is 0 Å². The van der Waals surface area contributed by atoms with Crippen LogP contribution < -0.4 is 9.46 Å². The average molecular weight is 471 g/mol. The van der Waals surface area contributed by atoms with E-state index >= 15 is 0 Å². The number of nitriles is 1. The van der Waals surface area contributed by atoms with Crippen molar-refractivity contribution in [2.75, 3.05) is 32.8 Å². The van der Waals surface area contributed by atoms with Crippen molar-refractivity contribution in [1.29, 1.82) is 5.26 Å². The molecule has 1 aliphatic heterocycles. The molecular formula is C23H26N4O5S. The largest absolute Gasteiger partial charge is 0.492 e. The SMILES string of the molecule is N#Cc1ccc(OCCN2CC3CCC(C2)C3CNS(=O)(=O)c2ccc([N+](=O)[O-])cc2)cc1. The molecule has 2 aromatic carbocycles. The number of rotatable bonds is 9. The van der Waals surface area contributed by atoms with Gasteiger partial charge in [0.2, 0.25) is 10.0 Å². The fraction of sp³-hybridized carbons (Fsp3) is 0.435. The van der Waals surface area contributed by atoms with Crippen molar-refractivity contribution in [3.8, 4) is 11.8 Å². The van der Waals surface area contributed by atoms with E-state index in [2.05, 4.69) is 15.7 Å². The Labute approximate surface area is 193 Å². The van der Waals surface area contributed by atoms with Crippen molar-refractivity contribution in [3.63, 3.8) is 0 Å². The molecule has 1 saturated carbocycles. The second kappa shape index (κ2) is 9.87. The van der Waals surface area contributed by atoms with Gasteiger partial charge in [-0.1, -0.05) is 0 Å². The van der Waals surface area contributed by atoms with E-state index in [4.69, 9.17) is 10.00 Å². The first kappa shape index (κ1) is 23.2. The molecule has 1 N–H and O–H groups in total. The molecule has 0 aromatic heterocycles. The first-order valence-corrected chi connectivity index (χ1v) is 12.4. The maximum Gasteiger partial charge on any atom is 0.269 e. The third-order valence-corrected chi connectivity index (χ3v) is 8.07. The van der Waals surface area contributed by atoms with Crippen molar-refractivity contribution in [3.05, 3.63) is 64.2 Å². The number of nitrogens with one attached hydrogen (secondary N) is 1. The molecule has 1 aliphatic carbocycles. The molecule has 2 atom stereocenters. The third-order valence-electron chi connectivity index (χ3n) is 6.63. The first-order chi connectivity index (χ1) is 15.9. The summed E-state index contributed by atoms with van der Waals surface area (Å²) in [5, 5.41) is 19.6. The lowest BCUT2D eigenvalue weighted by atomic mass is 9.85. The molecule has 33 heavy (non-hydrogen) atoms. The van der Waals surface area contributed by atoms with Crippen LogP contribution in [0.4, 0.5) is 5.69 Å². The Kier molecular flexibility index (Phi) is 6.93. The number of benzene rings is 2. The zero-order valence-electron chi connectivity index (χ0n) is 18.1. The number of ether oxygens (including phenoxy) is 1. The van der Waals surface area contributed by atoms with Gasteiger partial charge in [0.25, 0.3) is 5.69 Å². The highest BCUT2D eigenvalue weighted by Crippen LogP contribution is 2.41. The Morgan fingerprint density at radius 3 is 2.30 bits per heavy atom. The number of hydrogen-bond donors (Lipinski definition) is 1. The maximum absolute atomic E-state index is 12.6. The van der Waals surface area contributed by atoms with Crippen LogP contribution in [0.3, 0.4) is 0 Å². The molecule has 2 aromatic rings. The monoisotopic (exact) mass is 470 g/mol. The lowest BCUT2D eigenvalue weighted by Crippen LogP contribution is -2.47. The molecule has 174 valence electrons. The van der Waals surface area contributed by atoms with Crippen molar-refractivity contribution in [2.24, 2.45) is 17.8 Å². The summed E-state index contributed by atoms with van der Waals surface area (Å²) in [4.78, 5) is 12.7. The molecule has 2 aliphatic rings. The van der Waals surface area contributed by atoms with E-state index < -0.39 is 14.9 Å². The van der Waals surface area contributed by atoms with E-state index in [1.807, 2.05) is 0 Å². The minimum absolute atomic E-state index is 0.0397. The van der Waals surface area contributed by atoms with Crippen molar-refractivity contribution in [2.45, 2.75) is 17.7 Å². The van der Waals surface area contributed by atoms with Gasteiger partial charge in [0.15, 0.2) is 0 Å². The van der Waals surface area contributed by atoms with E-state index in [0.29, 0.717) is 30.6 Å². The van der Waals surface area contributed by atoms with Crippen LogP contribution in [-0.2, 0) is 10.0 Å². The van der Waals surface area contributed by atoms with Gasteiger partial charge in [0, 0.05) is 38.3 Å². The highest BCUT2D eigenvalue weighted by Gasteiger charge is 2.42. The summed E-state index contributed by atoms with van der Waals surface area (Å²) >= 11 is 0. The molecular weight excluding hydrogens is 444 g/mol. The van der Waals surface area contributed by atoms with Crippen LogP contribution >= 0.6 is 0 Å². The van der Waals surface area contributed by atoms with Gasteiger partial charge in [-0.15, -0.1) is 0 Å². The average Bonchev–Trinajstić information content (AvgIpc) is 3.06. The molecule has 1 saturated heterocycles. The van der Waals surface area contributed by atoms with Gasteiger partial charge in [-0.05, 0) is 67.0 Å². The Morgan fingerprint density at radius 2 is 1.73 bits per heavy atom. The van der Waals surface area contributed by atoms with Gasteiger partial charge in [-0.3, -0.25) is 15.0 Å². The Hall–Kier alpha value is -3.00. The maximum atomic E-state index is 12.6. The van der Waals surface area contributed by atoms with Gasteiger partial charge in [0.05, 0.1) is 21.5 Å². The van der Waals surface area contributed by atoms with Crippen molar-refractivity contribution >= 4 is 15.7 Å². The smallest absolute Gasteiger partial charge is 0.269 e. The number of fused-ring (bicyclic) bond motifs is 2. The molecule has 10 heteroatoms. The molecule has 1 heterocycles. The summed E-state index contributed by atoms with van der Waals surface area (Å²) in [6, 6.07) is 14.1. The van der Waals surface area contributed by atoms with Gasteiger partial charge < -0.3 is 4.74 Å². The first-order valence-electron chi connectivity index (χ1n) is 10.9. The van der Waals surface area contributed by atoms with Gasteiger partial charge >= 0.3 is 0 Å². The van der Waals surface area contributed by atoms with Crippen LogP contribution in [0.15, 0.2) is 53.4 Å². The Balaban J connectivity index is 1.26. The molecule has 2 bridgehead atoms. The predicted molar refractivity (Wildman–Crippen MR) is 121 cm³/mol. The Morgan fingerprint density at radius 1 is 1.09 bits per heavy atom. The van der Waals surface area contributed by atoms with E-state index in [0.717, 1.165) is 38.2 Å². The second-order valence-electron chi connectivity index (χ2n) is 8.61. The van der Waals surface area contributed by atoms with Crippen molar-refractivity contribution < 1.29 is 18.1 Å². The summed E-state index contributed by atoms with van der Waals surface area (Å²) in [7, 11) is -3.71. The van der Waals surface area contributed by atoms with Gasteiger partial charge in [-0.25, -0.2) is 13.1 Å². The molecule has 9 nitrogen and oxygen atoms in total. The standard InChI is InChI=1S/C23H26N4O5S/c24-13-17-1-7-21(8-2-17)32-12-11-26-15-18-3-4-19(16-26)23(18)14-25-33(30,31)22-9-5-20(6-10-22)27(28)29/h1-2,5-10,18-19,23,25H,3-4,11-12,14-16H2. The molecule has 4 rings (SSSR count). The quantitative estimate of drug-likeness (QED) is 0.441. The number of nitrogens with zero attached hydrogens (tertiary/aromatic N) is 3. The summed E-state index contributed by atoms with van der Waals surface area (Å²) in [6.45, 7) is 3.57. The van der Waals surface area contributed by atoms with Crippen molar-refractivity contribution in [1.82, 2.24) is 9.62 Å². The highest BCUT2D eigenvalue weighted by atomic mass is 32.2. The third kappa shape index (κ3) is 5.50. The second-order valence-corrected chi connectivity index (χ2v) is 10.4. The molecule has 0 amide bonds. The summed E-state index contributed by atoms with van der Waals surface area (Å²) < 4.78 is 33.8. The molecule has 0 radical (unpaired) electrons. The number of non-ortho nitro benzene ring substituents is 1. The molecule has 0 spiro atoms. The molecule has 2 fully saturated rings. The number of nitro groups is 1. The van der Waals surface area contributed by atoms with Crippen LogP contribution in [0.5, 0.6) is 5.75 Å². The number of nitro benzene ring substituents is 1. The fourth-order valence-corrected chi connectivity index (χ4v) is 5.98. The highest BCUT2D eigenvalue weighted by molar-refractivity contribution is 7.89. The van der Waals surface area contributed by atoms with Crippen LogP contribution in [0, 0.1) is 39.2 Å². The predicted octanol–water partition coefficient (Wildman–Crippen LogP) is 2.78. The van der Waals surface area contributed by atoms with E-state index in [1.54, 1.807) is 24.3 Å². The van der Waals surface area contributed by atoms with Gasteiger partial charge in [0.1, 0.15) is 12.4 Å². The van der Waals surface area contributed by atoms with E-state index in [9.17, 15) is 18.5 Å². The summed E-state index contributed by atoms with van der Waals surface area (Å²) in [5.74, 6) is 1.89. The van der Waals surface area contributed by atoms with E-state index in [1.165, 1.54) is 24.3 Å². The number of likely N-dealkylation sites (tertiary alicyclic amines) is 1. The zero-order valence-corrected chi connectivity index (χ0v) is 18.9. The zero-order chi connectivity index (χ0) is 23.4. The Bertz CT molecular complexity index is 1110. The number of sulfonamides is 1. The normalized spacial score (nSPS) is 22.6. The van der Waals surface area contributed by atoms with Crippen LogP contribution in [-0.4, -0.2) is 51.0 Å². The lowest BCUT2D eigenvalue weighted by Gasteiger charge is -2.38. The van der Waals surface area contributed by atoms with Crippen LogP contribution in [0.25, 0.3) is 0 Å².